The molecule has 2 aromatic carbocycles. The second kappa shape index (κ2) is 10.3. The maximum Gasteiger partial charge on any atom is 0.338 e. The number of hydrogen-bond acceptors (Lipinski definition) is 8. The molecule has 10 heteroatoms. The first-order chi connectivity index (χ1) is 15.3. The van der Waals surface area contributed by atoms with Crippen molar-refractivity contribution in [3.8, 4) is 17.1 Å². The zero-order valence-electron chi connectivity index (χ0n) is 17.0. The van der Waals surface area contributed by atoms with Crippen LogP contribution in [0.15, 0.2) is 47.0 Å². The molecule has 0 aliphatic rings. The lowest BCUT2D eigenvalue weighted by Crippen LogP contribution is -2.12. The van der Waals surface area contributed by atoms with Crippen molar-refractivity contribution in [1.82, 2.24) is 4.98 Å². The topological polar surface area (TPSA) is 105 Å². The molecular formula is C22H17Cl2NO7. The van der Waals surface area contributed by atoms with Gasteiger partial charge in [0.05, 0.1) is 43.0 Å². The van der Waals surface area contributed by atoms with Crippen LogP contribution in [0.4, 0.5) is 0 Å². The van der Waals surface area contributed by atoms with E-state index in [1.54, 1.807) is 18.2 Å². The Kier molecular flexibility index (Phi) is 7.50. The minimum absolute atomic E-state index is 0.000612. The smallest absolute Gasteiger partial charge is 0.338 e. The molecule has 3 aromatic rings. The predicted molar refractivity (Wildman–Crippen MR) is 115 cm³/mol. The Bertz CT molecular complexity index is 1140. The highest BCUT2D eigenvalue weighted by Crippen LogP contribution is 2.31. The van der Waals surface area contributed by atoms with Crippen LogP contribution in [0.25, 0.3) is 11.3 Å². The fraction of sp³-hybridized carbons (Fsp3) is 0.182. The van der Waals surface area contributed by atoms with Crippen LogP contribution >= 0.6 is 23.2 Å². The van der Waals surface area contributed by atoms with Crippen LogP contribution in [-0.4, -0.2) is 37.1 Å². The van der Waals surface area contributed by atoms with Gasteiger partial charge in [-0.25, -0.2) is 14.6 Å². The number of nitrogens with zero attached hydrogens (tertiary/aromatic N) is 1. The molecule has 0 radical (unpaired) electrons. The van der Waals surface area contributed by atoms with Crippen LogP contribution in [-0.2, 0) is 20.7 Å². The molecule has 32 heavy (non-hydrogen) atoms. The van der Waals surface area contributed by atoms with E-state index in [-0.39, 0.29) is 29.7 Å². The fourth-order valence-corrected chi connectivity index (χ4v) is 3.26. The van der Waals surface area contributed by atoms with Crippen molar-refractivity contribution in [2.24, 2.45) is 0 Å². The average Bonchev–Trinajstić information content (AvgIpc) is 3.25. The fourth-order valence-electron chi connectivity index (χ4n) is 2.76. The van der Waals surface area contributed by atoms with Crippen LogP contribution in [0.3, 0.4) is 0 Å². The third kappa shape index (κ3) is 5.66. The van der Waals surface area contributed by atoms with E-state index in [9.17, 15) is 14.4 Å². The molecule has 0 atom stereocenters. The number of aromatic nitrogens is 1. The van der Waals surface area contributed by atoms with E-state index in [0.717, 1.165) is 0 Å². The second-order valence-electron chi connectivity index (χ2n) is 6.45. The number of hydrogen-bond donors (Lipinski definition) is 0. The number of carbonyl (C=O) groups is 3. The van der Waals surface area contributed by atoms with Crippen molar-refractivity contribution in [3.05, 3.63) is 69.7 Å². The maximum atomic E-state index is 12.3. The summed E-state index contributed by atoms with van der Waals surface area (Å²) in [6, 6.07) is 8.84. The van der Waals surface area contributed by atoms with Crippen molar-refractivity contribution >= 4 is 41.1 Å². The third-order valence-corrected chi connectivity index (χ3v) is 4.82. The molecule has 1 aromatic heterocycles. The van der Waals surface area contributed by atoms with Gasteiger partial charge in [-0.1, -0.05) is 23.2 Å². The van der Waals surface area contributed by atoms with E-state index in [1.807, 2.05) is 0 Å². The summed E-state index contributed by atoms with van der Waals surface area (Å²) in [7, 11) is 2.39. The Labute approximate surface area is 193 Å². The van der Waals surface area contributed by atoms with E-state index in [4.69, 9.17) is 32.4 Å². The number of oxazole rings is 1. The number of aryl methyl sites for hydroxylation is 1. The van der Waals surface area contributed by atoms with Crippen LogP contribution in [0, 0.1) is 0 Å². The molecule has 8 nitrogen and oxygen atoms in total. The molecule has 0 spiro atoms. The molecule has 0 fully saturated rings. The quantitative estimate of drug-likeness (QED) is 0.354. The van der Waals surface area contributed by atoms with E-state index >= 15 is 0 Å². The van der Waals surface area contributed by atoms with E-state index in [0.29, 0.717) is 27.3 Å². The highest BCUT2D eigenvalue weighted by atomic mass is 35.5. The van der Waals surface area contributed by atoms with Crippen molar-refractivity contribution < 1.29 is 33.0 Å². The first kappa shape index (κ1) is 23.3. The minimum Gasteiger partial charge on any atom is -0.465 e. The number of esters is 3. The summed E-state index contributed by atoms with van der Waals surface area (Å²) in [5.74, 6) is -1.26. The molecule has 0 aliphatic carbocycles. The number of ether oxygens (including phenoxy) is 3. The van der Waals surface area contributed by atoms with Gasteiger partial charge in [0.15, 0.2) is 11.7 Å². The molecule has 0 saturated heterocycles. The Morgan fingerprint density at radius 2 is 1.62 bits per heavy atom. The number of halogens is 2. The first-order valence-electron chi connectivity index (χ1n) is 9.23. The molecule has 1 heterocycles. The molecule has 0 aliphatic heterocycles. The summed E-state index contributed by atoms with van der Waals surface area (Å²) in [5.41, 5.74) is 0.693. The monoisotopic (exact) mass is 477 g/mol. The Balaban J connectivity index is 1.68. The number of rotatable bonds is 7. The van der Waals surface area contributed by atoms with Crippen LogP contribution in [0.2, 0.25) is 10.0 Å². The number of carbonyl (C=O) groups excluding carboxylic acids is 3. The lowest BCUT2D eigenvalue weighted by molar-refractivity contribution is -0.134. The predicted octanol–water partition coefficient (Wildman–Crippen LogP) is 4.76. The number of methoxy groups -OCH3 is 2. The van der Waals surface area contributed by atoms with Gasteiger partial charge in [-0.2, -0.15) is 0 Å². The molecular weight excluding hydrogens is 461 g/mol. The van der Waals surface area contributed by atoms with Gasteiger partial charge in [0.1, 0.15) is 5.75 Å². The summed E-state index contributed by atoms with van der Waals surface area (Å²) in [4.78, 5) is 40.1. The lowest BCUT2D eigenvalue weighted by atomic mass is 10.1. The molecule has 0 N–H and O–H groups in total. The summed E-state index contributed by atoms with van der Waals surface area (Å²) < 4.78 is 20.2. The zero-order valence-corrected chi connectivity index (χ0v) is 18.5. The van der Waals surface area contributed by atoms with Crippen molar-refractivity contribution in [2.45, 2.75) is 12.8 Å². The second-order valence-corrected chi connectivity index (χ2v) is 7.29. The third-order valence-electron chi connectivity index (χ3n) is 4.27. The molecule has 0 bridgehead atoms. The Morgan fingerprint density at radius 3 is 2.22 bits per heavy atom. The maximum absolute atomic E-state index is 12.3. The molecule has 0 saturated carbocycles. The minimum atomic E-state index is -0.693. The molecule has 0 amide bonds. The summed E-state index contributed by atoms with van der Waals surface area (Å²) in [6.45, 7) is 0. The highest BCUT2D eigenvalue weighted by Gasteiger charge is 2.17. The Morgan fingerprint density at radius 1 is 0.969 bits per heavy atom. The van der Waals surface area contributed by atoms with Crippen LogP contribution in [0.1, 0.15) is 33.0 Å². The standard InChI is InChI=1S/C22H17Cl2NO7/c1-29-21(27)12-7-13(22(28)30-2)9-15(8-12)31-20(26)6-5-19-25-11-18(32-19)16-4-3-14(23)10-17(16)24/h3-4,7-11H,5-6H2,1-2H3. The van der Waals surface area contributed by atoms with Gasteiger partial charge in [0, 0.05) is 17.0 Å². The van der Waals surface area contributed by atoms with Gasteiger partial charge in [-0.3, -0.25) is 4.79 Å². The van der Waals surface area contributed by atoms with E-state index < -0.39 is 17.9 Å². The average molecular weight is 478 g/mol. The normalized spacial score (nSPS) is 10.5. The SMILES string of the molecule is COC(=O)c1cc(OC(=O)CCc2ncc(-c3ccc(Cl)cc3Cl)o2)cc(C(=O)OC)c1. The summed E-state index contributed by atoms with van der Waals surface area (Å²) in [6.07, 6.45) is 1.59. The van der Waals surface area contributed by atoms with Gasteiger partial charge < -0.3 is 18.6 Å². The Hall–Kier alpha value is -3.36. The van der Waals surface area contributed by atoms with Crippen molar-refractivity contribution in [3.63, 3.8) is 0 Å². The van der Waals surface area contributed by atoms with Crippen LogP contribution < -0.4 is 4.74 Å². The van der Waals surface area contributed by atoms with Gasteiger partial charge in [0.2, 0.25) is 0 Å². The van der Waals surface area contributed by atoms with Gasteiger partial charge in [-0.05, 0) is 36.4 Å². The molecule has 3 rings (SSSR count). The molecule has 0 unspecified atom stereocenters. The van der Waals surface area contributed by atoms with Gasteiger partial charge >= 0.3 is 17.9 Å². The highest BCUT2D eigenvalue weighted by molar-refractivity contribution is 6.36. The first-order valence-corrected chi connectivity index (χ1v) is 9.99. The van der Waals surface area contributed by atoms with Crippen molar-refractivity contribution in [2.75, 3.05) is 14.2 Å². The molecule has 166 valence electrons. The van der Waals surface area contributed by atoms with Crippen molar-refractivity contribution in [1.29, 1.82) is 0 Å². The van der Waals surface area contributed by atoms with E-state index in [2.05, 4.69) is 14.5 Å². The summed E-state index contributed by atoms with van der Waals surface area (Å²) >= 11 is 12.1. The van der Waals surface area contributed by atoms with Crippen LogP contribution in [0.5, 0.6) is 5.75 Å². The van der Waals surface area contributed by atoms with Gasteiger partial charge in [0.25, 0.3) is 0 Å². The van der Waals surface area contributed by atoms with E-state index in [1.165, 1.54) is 38.6 Å². The summed E-state index contributed by atoms with van der Waals surface area (Å²) in [5, 5.41) is 0.902. The number of benzene rings is 2. The largest absolute Gasteiger partial charge is 0.465 e. The lowest BCUT2D eigenvalue weighted by Gasteiger charge is -2.08. The van der Waals surface area contributed by atoms with Gasteiger partial charge in [-0.15, -0.1) is 0 Å². The zero-order chi connectivity index (χ0) is 23.3.